The lowest BCUT2D eigenvalue weighted by Gasteiger charge is -2.10. The number of carbonyl (C=O) groups is 1. The second-order valence-electron chi connectivity index (χ2n) is 5.31. The number of halogens is 1. The van der Waals surface area contributed by atoms with Gasteiger partial charge in [-0.25, -0.2) is 0 Å². The van der Waals surface area contributed by atoms with E-state index in [2.05, 4.69) is 22.0 Å². The van der Waals surface area contributed by atoms with Crippen molar-refractivity contribution in [2.24, 2.45) is 0 Å². The van der Waals surface area contributed by atoms with Crippen LogP contribution in [0.3, 0.4) is 0 Å². The van der Waals surface area contributed by atoms with Crippen molar-refractivity contribution in [3.63, 3.8) is 0 Å². The molecule has 0 saturated carbocycles. The summed E-state index contributed by atoms with van der Waals surface area (Å²) in [6.07, 6.45) is 3.28. The summed E-state index contributed by atoms with van der Waals surface area (Å²) in [6.45, 7) is 0. The molecule has 0 bridgehead atoms. The Morgan fingerprint density at radius 3 is 2.52 bits per heavy atom. The summed E-state index contributed by atoms with van der Waals surface area (Å²) in [5, 5.41) is 9.39. The van der Waals surface area contributed by atoms with E-state index in [0.717, 1.165) is 29.3 Å². The zero-order valence-electron chi connectivity index (χ0n) is 11.5. The fourth-order valence-electron chi connectivity index (χ4n) is 2.83. The SMILES string of the molecule is N#CC(C(=O)c1ccc2c(c1)CCC2)c1ccc(Br)cc1. The zero-order valence-corrected chi connectivity index (χ0v) is 13.1. The summed E-state index contributed by atoms with van der Waals surface area (Å²) in [5.41, 5.74) is 3.98. The van der Waals surface area contributed by atoms with E-state index in [1.807, 2.05) is 42.5 Å². The third-order valence-corrected chi connectivity index (χ3v) is 4.51. The number of rotatable bonds is 3. The zero-order chi connectivity index (χ0) is 14.8. The summed E-state index contributed by atoms with van der Waals surface area (Å²) in [6, 6.07) is 15.4. The van der Waals surface area contributed by atoms with E-state index in [4.69, 9.17) is 0 Å². The molecule has 2 aromatic carbocycles. The van der Waals surface area contributed by atoms with Crippen LogP contribution in [-0.2, 0) is 12.8 Å². The highest BCUT2D eigenvalue weighted by Crippen LogP contribution is 2.27. The van der Waals surface area contributed by atoms with E-state index in [-0.39, 0.29) is 5.78 Å². The number of aryl methyl sites for hydroxylation is 2. The third kappa shape index (κ3) is 2.77. The van der Waals surface area contributed by atoms with Gasteiger partial charge in [0.05, 0.1) is 6.07 Å². The van der Waals surface area contributed by atoms with Crippen LogP contribution in [0.15, 0.2) is 46.9 Å². The van der Waals surface area contributed by atoms with Crippen molar-refractivity contribution in [1.82, 2.24) is 0 Å². The maximum absolute atomic E-state index is 12.6. The monoisotopic (exact) mass is 339 g/mol. The number of benzene rings is 2. The molecule has 0 aliphatic heterocycles. The first kappa shape index (κ1) is 14.0. The molecule has 0 N–H and O–H groups in total. The summed E-state index contributed by atoms with van der Waals surface area (Å²) >= 11 is 3.36. The number of hydrogen-bond donors (Lipinski definition) is 0. The maximum atomic E-state index is 12.6. The average Bonchev–Trinajstić information content (AvgIpc) is 2.97. The molecule has 0 spiro atoms. The van der Waals surface area contributed by atoms with Crippen molar-refractivity contribution in [3.8, 4) is 6.07 Å². The van der Waals surface area contributed by atoms with E-state index in [1.165, 1.54) is 11.1 Å². The van der Waals surface area contributed by atoms with Gasteiger partial charge in [-0.1, -0.05) is 40.2 Å². The molecule has 1 atom stereocenters. The maximum Gasteiger partial charge on any atom is 0.184 e. The number of ketones is 1. The van der Waals surface area contributed by atoms with Crippen LogP contribution in [-0.4, -0.2) is 5.78 Å². The Morgan fingerprint density at radius 1 is 1.10 bits per heavy atom. The number of fused-ring (bicyclic) bond motifs is 1. The highest BCUT2D eigenvalue weighted by atomic mass is 79.9. The van der Waals surface area contributed by atoms with Gasteiger partial charge in [0.1, 0.15) is 5.92 Å². The predicted molar refractivity (Wildman–Crippen MR) is 85.3 cm³/mol. The molecule has 0 aromatic heterocycles. The van der Waals surface area contributed by atoms with Gasteiger partial charge >= 0.3 is 0 Å². The summed E-state index contributed by atoms with van der Waals surface area (Å²) < 4.78 is 0.938. The van der Waals surface area contributed by atoms with Gasteiger partial charge in [-0.2, -0.15) is 5.26 Å². The third-order valence-electron chi connectivity index (χ3n) is 3.98. The molecule has 1 aliphatic rings. The van der Waals surface area contributed by atoms with Crippen LogP contribution in [0.1, 0.15) is 39.4 Å². The minimum Gasteiger partial charge on any atom is -0.292 e. The Bertz CT molecular complexity index is 728. The molecule has 1 aliphatic carbocycles. The lowest BCUT2D eigenvalue weighted by atomic mass is 9.91. The van der Waals surface area contributed by atoms with Crippen molar-refractivity contribution in [2.45, 2.75) is 25.2 Å². The largest absolute Gasteiger partial charge is 0.292 e. The van der Waals surface area contributed by atoms with Crippen molar-refractivity contribution in [2.75, 3.05) is 0 Å². The van der Waals surface area contributed by atoms with Crippen molar-refractivity contribution >= 4 is 21.7 Å². The molecular weight excluding hydrogens is 326 g/mol. The fraction of sp³-hybridized carbons (Fsp3) is 0.222. The molecule has 3 rings (SSSR count). The van der Waals surface area contributed by atoms with Gasteiger partial charge < -0.3 is 0 Å². The van der Waals surface area contributed by atoms with Gasteiger partial charge in [0, 0.05) is 10.0 Å². The Hall–Kier alpha value is -1.92. The van der Waals surface area contributed by atoms with Crippen LogP contribution in [0, 0.1) is 11.3 Å². The number of hydrogen-bond acceptors (Lipinski definition) is 2. The lowest BCUT2D eigenvalue weighted by molar-refractivity contribution is 0.0979. The van der Waals surface area contributed by atoms with Gasteiger partial charge in [0.25, 0.3) is 0 Å². The van der Waals surface area contributed by atoms with Crippen molar-refractivity contribution in [1.29, 1.82) is 5.26 Å². The molecule has 1 unspecified atom stereocenters. The Labute approximate surface area is 132 Å². The van der Waals surface area contributed by atoms with Crippen LogP contribution >= 0.6 is 15.9 Å². The second kappa shape index (κ2) is 5.83. The molecular formula is C18H14BrNO. The van der Waals surface area contributed by atoms with E-state index in [9.17, 15) is 10.1 Å². The minimum absolute atomic E-state index is 0.116. The molecule has 2 aromatic rings. The first-order valence-electron chi connectivity index (χ1n) is 7.00. The second-order valence-corrected chi connectivity index (χ2v) is 6.23. The molecule has 0 heterocycles. The Morgan fingerprint density at radius 2 is 1.81 bits per heavy atom. The molecule has 0 amide bonds. The fourth-order valence-corrected chi connectivity index (χ4v) is 3.10. The van der Waals surface area contributed by atoms with Crippen LogP contribution in [0.25, 0.3) is 0 Å². The van der Waals surface area contributed by atoms with Crippen LogP contribution in [0.5, 0.6) is 0 Å². The number of Topliss-reactive ketones (excluding diaryl/α,β-unsaturated/α-hetero) is 1. The molecule has 3 heteroatoms. The highest BCUT2D eigenvalue weighted by Gasteiger charge is 2.23. The normalized spacial score (nSPS) is 14.3. The number of nitrogens with zero attached hydrogens (tertiary/aromatic N) is 1. The van der Waals surface area contributed by atoms with Gasteiger partial charge in [-0.15, -0.1) is 0 Å². The standard InChI is InChI=1S/C18H14BrNO/c19-16-8-6-13(7-9-16)17(11-20)18(21)15-5-4-12-2-1-3-14(12)10-15/h4-10,17H,1-3H2. The first-order valence-corrected chi connectivity index (χ1v) is 7.79. The summed E-state index contributed by atoms with van der Waals surface area (Å²) in [4.78, 5) is 12.6. The van der Waals surface area contributed by atoms with Gasteiger partial charge in [-0.05, 0) is 54.2 Å². The highest BCUT2D eigenvalue weighted by molar-refractivity contribution is 9.10. The Balaban J connectivity index is 1.92. The smallest absolute Gasteiger partial charge is 0.184 e. The molecule has 0 radical (unpaired) electrons. The average molecular weight is 340 g/mol. The van der Waals surface area contributed by atoms with Crippen LogP contribution in [0.4, 0.5) is 0 Å². The van der Waals surface area contributed by atoms with E-state index < -0.39 is 5.92 Å². The van der Waals surface area contributed by atoms with Crippen LogP contribution in [0.2, 0.25) is 0 Å². The lowest BCUT2D eigenvalue weighted by Crippen LogP contribution is -2.11. The van der Waals surface area contributed by atoms with Crippen molar-refractivity contribution in [3.05, 3.63) is 69.2 Å². The van der Waals surface area contributed by atoms with Gasteiger partial charge in [0.15, 0.2) is 5.78 Å². The summed E-state index contributed by atoms with van der Waals surface area (Å²) in [5.74, 6) is -0.855. The molecule has 104 valence electrons. The summed E-state index contributed by atoms with van der Waals surface area (Å²) in [7, 11) is 0. The van der Waals surface area contributed by atoms with E-state index >= 15 is 0 Å². The molecule has 2 nitrogen and oxygen atoms in total. The number of carbonyl (C=O) groups excluding carboxylic acids is 1. The first-order chi connectivity index (χ1) is 10.2. The van der Waals surface area contributed by atoms with Gasteiger partial charge in [-0.3, -0.25) is 4.79 Å². The van der Waals surface area contributed by atoms with E-state index in [0.29, 0.717) is 5.56 Å². The Kier molecular flexibility index (Phi) is 3.90. The minimum atomic E-state index is -0.738. The predicted octanol–water partition coefficient (Wildman–Crippen LogP) is 4.43. The van der Waals surface area contributed by atoms with E-state index in [1.54, 1.807) is 0 Å². The molecule has 0 fully saturated rings. The number of nitriles is 1. The van der Waals surface area contributed by atoms with Crippen LogP contribution < -0.4 is 0 Å². The molecule has 0 saturated heterocycles. The quantitative estimate of drug-likeness (QED) is 0.776. The van der Waals surface area contributed by atoms with Gasteiger partial charge in [0.2, 0.25) is 0 Å². The topological polar surface area (TPSA) is 40.9 Å². The van der Waals surface area contributed by atoms with Crippen molar-refractivity contribution < 1.29 is 4.79 Å². The molecule has 21 heavy (non-hydrogen) atoms.